The third-order valence-electron chi connectivity index (χ3n) is 5.22. The number of likely N-dealkylation sites (N-methyl/N-ethyl adjacent to an activating group) is 2. The summed E-state index contributed by atoms with van der Waals surface area (Å²) in [6, 6.07) is 0. The number of hydrogen-bond donors (Lipinski definition) is 0. The highest BCUT2D eigenvalue weighted by Crippen LogP contribution is 2.03. The van der Waals surface area contributed by atoms with E-state index in [1.807, 2.05) is 0 Å². The Kier molecular flexibility index (Phi) is 8.11. The van der Waals surface area contributed by atoms with Crippen molar-refractivity contribution in [2.45, 2.75) is 12.8 Å². The summed E-state index contributed by atoms with van der Waals surface area (Å²) in [5.74, 6) is 0. The summed E-state index contributed by atoms with van der Waals surface area (Å²) in [6.07, 6.45) is 2.63. The fourth-order valence-corrected chi connectivity index (χ4v) is 3.38. The van der Waals surface area contributed by atoms with Crippen LogP contribution >= 0.6 is 0 Å². The van der Waals surface area contributed by atoms with Crippen molar-refractivity contribution in [3.8, 4) is 0 Å². The van der Waals surface area contributed by atoms with Gasteiger partial charge in [-0.3, -0.25) is 0 Å². The molecule has 0 aromatic rings. The van der Waals surface area contributed by atoms with Gasteiger partial charge in [-0.25, -0.2) is 0 Å². The second kappa shape index (κ2) is 9.83. The van der Waals surface area contributed by atoms with Crippen LogP contribution in [0.15, 0.2) is 0 Å². The fourth-order valence-electron chi connectivity index (χ4n) is 3.38. The Morgan fingerprint density at radius 2 is 1.00 bits per heavy atom. The largest absolute Gasteiger partial charge is 0.306 e. The second-order valence-electron chi connectivity index (χ2n) is 7.30. The van der Waals surface area contributed by atoms with Crippen LogP contribution < -0.4 is 0 Å². The Morgan fingerprint density at radius 3 is 1.36 bits per heavy atom. The molecule has 0 N–H and O–H groups in total. The normalized spacial score (nSPS) is 23.5. The molecule has 2 fully saturated rings. The van der Waals surface area contributed by atoms with Gasteiger partial charge in [0.25, 0.3) is 0 Å². The highest BCUT2D eigenvalue weighted by molar-refractivity contribution is 4.71. The van der Waals surface area contributed by atoms with Crippen LogP contribution in [-0.2, 0) is 0 Å². The minimum absolute atomic E-state index is 1.24. The summed E-state index contributed by atoms with van der Waals surface area (Å²) < 4.78 is 0. The lowest BCUT2D eigenvalue weighted by Crippen LogP contribution is -2.45. The van der Waals surface area contributed by atoms with E-state index >= 15 is 0 Å². The molecule has 0 saturated carbocycles. The van der Waals surface area contributed by atoms with E-state index in [1.54, 1.807) is 0 Å². The highest BCUT2D eigenvalue weighted by atomic mass is 15.3. The van der Waals surface area contributed by atoms with Gasteiger partial charge < -0.3 is 24.5 Å². The SMILES string of the molecule is CN(CCCN1CCN(C)CC1)CCCN1CCN(C)CC1. The lowest BCUT2D eigenvalue weighted by Gasteiger charge is -2.33. The van der Waals surface area contributed by atoms with Crippen molar-refractivity contribution in [1.29, 1.82) is 0 Å². The van der Waals surface area contributed by atoms with E-state index in [-0.39, 0.29) is 0 Å². The molecule has 2 saturated heterocycles. The monoisotopic (exact) mass is 311 g/mol. The van der Waals surface area contributed by atoms with Gasteiger partial charge in [-0.2, -0.15) is 0 Å². The second-order valence-corrected chi connectivity index (χ2v) is 7.30. The van der Waals surface area contributed by atoms with E-state index in [0.717, 1.165) is 0 Å². The first kappa shape index (κ1) is 18.1. The van der Waals surface area contributed by atoms with E-state index in [0.29, 0.717) is 0 Å². The van der Waals surface area contributed by atoms with Crippen molar-refractivity contribution in [3.63, 3.8) is 0 Å². The molecule has 0 aromatic carbocycles. The van der Waals surface area contributed by atoms with Crippen molar-refractivity contribution in [1.82, 2.24) is 24.5 Å². The van der Waals surface area contributed by atoms with Crippen LogP contribution in [-0.4, -0.2) is 124 Å². The first-order chi connectivity index (χ1) is 10.6. The zero-order valence-corrected chi connectivity index (χ0v) is 15.1. The van der Waals surface area contributed by atoms with E-state index in [4.69, 9.17) is 0 Å². The molecule has 2 aliphatic rings. The quantitative estimate of drug-likeness (QED) is 0.634. The fraction of sp³-hybridized carbons (Fsp3) is 1.00. The summed E-state index contributed by atoms with van der Waals surface area (Å²) in [5.41, 5.74) is 0. The maximum Gasteiger partial charge on any atom is 0.0110 e. The van der Waals surface area contributed by atoms with Gasteiger partial charge >= 0.3 is 0 Å². The maximum atomic E-state index is 2.62. The molecule has 0 bridgehead atoms. The van der Waals surface area contributed by atoms with Gasteiger partial charge in [0.05, 0.1) is 0 Å². The molecule has 5 heteroatoms. The Balaban J connectivity index is 1.45. The Labute approximate surface area is 137 Å². The van der Waals surface area contributed by atoms with E-state index in [9.17, 15) is 0 Å². The molecule has 2 rings (SSSR count). The number of rotatable bonds is 8. The molecule has 0 aliphatic carbocycles. The van der Waals surface area contributed by atoms with Crippen LogP contribution in [0, 0.1) is 0 Å². The van der Waals surface area contributed by atoms with E-state index < -0.39 is 0 Å². The number of hydrogen-bond acceptors (Lipinski definition) is 5. The van der Waals surface area contributed by atoms with Crippen LogP contribution in [0.25, 0.3) is 0 Å². The van der Waals surface area contributed by atoms with Crippen molar-refractivity contribution in [3.05, 3.63) is 0 Å². The molecule has 22 heavy (non-hydrogen) atoms. The van der Waals surface area contributed by atoms with Gasteiger partial charge in [0, 0.05) is 52.4 Å². The predicted octanol–water partition coefficient (Wildman–Crippen LogP) is 0.193. The highest BCUT2D eigenvalue weighted by Gasteiger charge is 2.14. The first-order valence-electron chi connectivity index (χ1n) is 9.14. The summed E-state index contributed by atoms with van der Waals surface area (Å²) in [5, 5.41) is 0. The molecule has 0 radical (unpaired) electrons. The summed E-state index contributed by atoms with van der Waals surface area (Å²) in [4.78, 5) is 12.6. The molecule has 0 unspecified atom stereocenters. The summed E-state index contributed by atoms with van der Waals surface area (Å²) in [6.45, 7) is 15.0. The van der Waals surface area contributed by atoms with Gasteiger partial charge in [-0.1, -0.05) is 0 Å². The minimum Gasteiger partial charge on any atom is -0.306 e. The standard InChI is InChI=1S/C17H37N5/c1-18(6-4-8-21-14-10-19(2)11-15-21)7-5-9-22-16-12-20(3)13-17-22/h4-17H2,1-3H3. The summed E-state index contributed by atoms with van der Waals surface area (Å²) >= 11 is 0. The van der Waals surface area contributed by atoms with Gasteiger partial charge in [0.2, 0.25) is 0 Å². The summed E-state index contributed by atoms with van der Waals surface area (Å²) in [7, 11) is 6.74. The van der Waals surface area contributed by atoms with Gasteiger partial charge in [0.1, 0.15) is 0 Å². The zero-order valence-electron chi connectivity index (χ0n) is 15.1. The van der Waals surface area contributed by atoms with Crippen molar-refractivity contribution >= 4 is 0 Å². The molecule has 0 aromatic heterocycles. The topological polar surface area (TPSA) is 16.2 Å². The molecule has 0 atom stereocenters. The van der Waals surface area contributed by atoms with Crippen LogP contribution in [0.3, 0.4) is 0 Å². The van der Waals surface area contributed by atoms with E-state index in [2.05, 4.69) is 45.6 Å². The van der Waals surface area contributed by atoms with Crippen LogP contribution in [0.5, 0.6) is 0 Å². The molecule has 0 spiro atoms. The number of nitrogens with zero attached hydrogens (tertiary/aromatic N) is 5. The Morgan fingerprint density at radius 1 is 0.636 bits per heavy atom. The molecule has 2 heterocycles. The van der Waals surface area contributed by atoms with Gasteiger partial charge in [-0.05, 0) is 60.2 Å². The van der Waals surface area contributed by atoms with Gasteiger partial charge in [-0.15, -0.1) is 0 Å². The average molecular weight is 312 g/mol. The lowest BCUT2D eigenvalue weighted by molar-refractivity contribution is 0.142. The maximum absolute atomic E-state index is 2.62. The Bertz CT molecular complexity index is 255. The van der Waals surface area contributed by atoms with E-state index in [1.165, 1.54) is 91.4 Å². The molecule has 130 valence electrons. The molecule has 0 amide bonds. The lowest BCUT2D eigenvalue weighted by atomic mass is 10.2. The van der Waals surface area contributed by atoms with Crippen LogP contribution in [0.1, 0.15) is 12.8 Å². The van der Waals surface area contributed by atoms with Gasteiger partial charge in [0.15, 0.2) is 0 Å². The third-order valence-corrected chi connectivity index (χ3v) is 5.22. The minimum atomic E-state index is 1.24. The molecule has 2 aliphatic heterocycles. The molecular formula is C17H37N5. The predicted molar refractivity (Wildman–Crippen MR) is 94.6 cm³/mol. The van der Waals surface area contributed by atoms with Crippen LogP contribution in [0.2, 0.25) is 0 Å². The molecule has 5 nitrogen and oxygen atoms in total. The average Bonchev–Trinajstić information content (AvgIpc) is 2.51. The molecular weight excluding hydrogens is 274 g/mol. The number of piperazine rings is 2. The van der Waals surface area contributed by atoms with Crippen molar-refractivity contribution < 1.29 is 0 Å². The van der Waals surface area contributed by atoms with Crippen molar-refractivity contribution in [2.75, 3.05) is 99.7 Å². The zero-order chi connectivity index (χ0) is 15.8. The van der Waals surface area contributed by atoms with Crippen LogP contribution in [0.4, 0.5) is 0 Å². The first-order valence-corrected chi connectivity index (χ1v) is 9.14. The smallest absolute Gasteiger partial charge is 0.0110 e. The Hall–Kier alpha value is -0.200. The third kappa shape index (κ3) is 6.92. The van der Waals surface area contributed by atoms with Crippen molar-refractivity contribution in [2.24, 2.45) is 0 Å².